The number of hydrogen-bond acceptors (Lipinski definition) is 6. The minimum Gasteiger partial charge on any atom is -0.460 e. The molecule has 0 amide bonds. The summed E-state index contributed by atoms with van der Waals surface area (Å²) in [5.41, 5.74) is 0. The van der Waals surface area contributed by atoms with Gasteiger partial charge in [-0.25, -0.2) is 0 Å². The Morgan fingerprint density at radius 3 is 1.41 bits per heavy atom. The Balaban J connectivity index is 1.32. The highest BCUT2D eigenvalue weighted by Gasteiger charge is 2.15. The molecule has 2 aliphatic rings. The fourth-order valence-corrected chi connectivity index (χ4v) is 3.65. The Labute approximate surface area is 174 Å². The van der Waals surface area contributed by atoms with Gasteiger partial charge >= 0.3 is 11.9 Å². The number of quaternary nitrogens is 2. The van der Waals surface area contributed by atoms with Crippen LogP contribution in [0.25, 0.3) is 0 Å². The van der Waals surface area contributed by atoms with Gasteiger partial charge in [-0.2, -0.15) is 0 Å². The lowest BCUT2D eigenvalue weighted by molar-refractivity contribution is -0.908. The van der Waals surface area contributed by atoms with E-state index in [0.29, 0.717) is 26.1 Å². The molecular weight excluding hydrogens is 376 g/mol. The smallest absolute Gasteiger partial charge is 0.305 e. The van der Waals surface area contributed by atoms with Crippen molar-refractivity contribution in [1.82, 2.24) is 0 Å². The first-order chi connectivity index (χ1) is 14.2. The van der Waals surface area contributed by atoms with Gasteiger partial charge in [-0.15, -0.1) is 0 Å². The maximum atomic E-state index is 11.8. The van der Waals surface area contributed by atoms with E-state index in [1.54, 1.807) is 0 Å². The summed E-state index contributed by atoms with van der Waals surface area (Å²) in [4.78, 5) is 26.4. The lowest BCUT2D eigenvalue weighted by atomic mass is 10.1. The zero-order valence-corrected chi connectivity index (χ0v) is 17.9. The van der Waals surface area contributed by atoms with Gasteiger partial charge in [0, 0.05) is 12.8 Å². The SMILES string of the molecule is O=C(CCCCCCCC(=O)OCC[NH+]1CCOCC1)OCC[NH+]1CCOCC1. The monoisotopic (exact) mass is 416 g/mol. The van der Waals surface area contributed by atoms with Gasteiger partial charge in [-0.1, -0.05) is 19.3 Å². The molecule has 0 aromatic heterocycles. The predicted molar refractivity (Wildman–Crippen MR) is 107 cm³/mol. The van der Waals surface area contributed by atoms with Crippen LogP contribution in [0.4, 0.5) is 0 Å². The summed E-state index contributed by atoms with van der Waals surface area (Å²) in [6.07, 6.45) is 5.73. The highest BCUT2D eigenvalue weighted by atomic mass is 16.5. The topological polar surface area (TPSA) is 79.9 Å². The van der Waals surface area contributed by atoms with Crippen molar-refractivity contribution in [2.24, 2.45) is 0 Å². The molecule has 2 aliphatic heterocycles. The number of carbonyl (C=O) groups excluding carboxylic acids is 2. The van der Waals surface area contributed by atoms with Gasteiger partial charge in [-0.3, -0.25) is 9.59 Å². The number of ether oxygens (including phenoxy) is 4. The molecule has 0 unspecified atom stereocenters. The average molecular weight is 417 g/mol. The van der Waals surface area contributed by atoms with Gasteiger partial charge in [0.25, 0.3) is 0 Å². The molecule has 2 saturated heterocycles. The van der Waals surface area contributed by atoms with Crippen LogP contribution in [0.3, 0.4) is 0 Å². The Kier molecular flexibility index (Phi) is 12.9. The molecule has 8 heteroatoms. The second kappa shape index (κ2) is 15.6. The van der Waals surface area contributed by atoms with Crippen LogP contribution in [-0.4, -0.2) is 90.8 Å². The zero-order valence-electron chi connectivity index (χ0n) is 17.9. The van der Waals surface area contributed by atoms with E-state index in [2.05, 4.69) is 0 Å². The van der Waals surface area contributed by atoms with E-state index >= 15 is 0 Å². The Hall–Kier alpha value is -1.22. The van der Waals surface area contributed by atoms with Crippen molar-refractivity contribution in [1.29, 1.82) is 0 Å². The molecule has 8 nitrogen and oxygen atoms in total. The summed E-state index contributed by atoms with van der Waals surface area (Å²) in [7, 11) is 0. The second-order valence-electron chi connectivity index (χ2n) is 7.93. The van der Waals surface area contributed by atoms with Crippen LogP contribution in [0.1, 0.15) is 44.9 Å². The Bertz CT molecular complexity index is 410. The van der Waals surface area contributed by atoms with Gasteiger partial charge in [0.2, 0.25) is 0 Å². The molecule has 2 N–H and O–H groups in total. The molecule has 0 aromatic carbocycles. The average Bonchev–Trinajstić information content (AvgIpc) is 2.74. The fourth-order valence-electron chi connectivity index (χ4n) is 3.65. The van der Waals surface area contributed by atoms with Gasteiger partial charge in [0.15, 0.2) is 0 Å². The maximum Gasteiger partial charge on any atom is 0.305 e. The van der Waals surface area contributed by atoms with Crippen LogP contribution < -0.4 is 9.80 Å². The van der Waals surface area contributed by atoms with Gasteiger partial charge < -0.3 is 28.7 Å². The zero-order chi connectivity index (χ0) is 20.6. The highest BCUT2D eigenvalue weighted by molar-refractivity contribution is 5.69. The maximum absolute atomic E-state index is 11.8. The molecule has 2 fully saturated rings. The molecule has 0 spiro atoms. The minimum absolute atomic E-state index is 0.0939. The molecule has 2 rings (SSSR count). The second-order valence-corrected chi connectivity index (χ2v) is 7.93. The van der Waals surface area contributed by atoms with E-state index in [9.17, 15) is 9.59 Å². The summed E-state index contributed by atoms with van der Waals surface area (Å²) in [6.45, 7) is 9.96. The third-order valence-corrected chi connectivity index (χ3v) is 5.60. The van der Waals surface area contributed by atoms with Crippen LogP contribution in [0, 0.1) is 0 Å². The normalized spacial score (nSPS) is 18.5. The van der Waals surface area contributed by atoms with E-state index in [4.69, 9.17) is 18.9 Å². The number of esters is 2. The molecule has 168 valence electrons. The van der Waals surface area contributed by atoms with Crippen molar-refractivity contribution < 1.29 is 38.3 Å². The largest absolute Gasteiger partial charge is 0.460 e. The summed E-state index contributed by atoms with van der Waals surface area (Å²) < 4.78 is 21.3. The third-order valence-electron chi connectivity index (χ3n) is 5.60. The fraction of sp³-hybridized carbons (Fsp3) is 0.905. The Morgan fingerprint density at radius 2 is 1.00 bits per heavy atom. The molecule has 0 saturated carbocycles. The molecule has 0 radical (unpaired) electrons. The van der Waals surface area contributed by atoms with Crippen LogP contribution >= 0.6 is 0 Å². The molecule has 0 aliphatic carbocycles. The van der Waals surface area contributed by atoms with Crippen molar-refractivity contribution in [2.45, 2.75) is 44.9 Å². The van der Waals surface area contributed by atoms with Crippen LogP contribution in [0.15, 0.2) is 0 Å². The standard InChI is InChI=1S/C21H38N2O6/c24-20(28-18-12-22-8-14-26-15-9-22)6-4-2-1-3-5-7-21(25)29-19-13-23-10-16-27-17-11-23/h1-19H2/p+2. The first-order valence-electron chi connectivity index (χ1n) is 11.4. The van der Waals surface area contributed by atoms with Crippen molar-refractivity contribution in [3.05, 3.63) is 0 Å². The van der Waals surface area contributed by atoms with E-state index in [-0.39, 0.29) is 11.9 Å². The minimum atomic E-state index is -0.0939. The molecule has 2 heterocycles. The van der Waals surface area contributed by atoms with Crippen LogP contribution in [-0.2, 0) is 28.5 Å². The first-order valence-corrected chi connectivity index (χ1v) is 11.4. The number of hydrogen-bond donors (Lipinski definition) is 2. The van der Waals surface area contributed by atoms with Gasteiger partial charge in [0.05, 0.1) is 26.4 Å². The predicted octanol–water partition coefficient (Wildman–Crippen LogP) is -1.37. The number of nitrogens with one attached hydrogen (secondary N) is 2. The van der Waals surface area contributed by atoms with Crippen LogP contribution in [0.5, 0.6) is 0 Å². The summed E-state index contributed by atoms with van der Waals surface area (Å²) >= 11 is 0. The Morgan fingerprint density at radius 1 is 0.621 bits per heavy atom. The number of carbonyl (C=O) groups is 2. The molecule has 29 heavy (non-hydrogen) atoms. The van der Waals surface area contributed by atoms with E-state index in [1.807, 2.05) is 0 Å². The van der Waals surface area contributed by atoms with Gasteiger partial charge in [-0.05, 0) is 12.8 Å². The third kappa shape index (κ3) is 12.2. The first kappa shape index (κ1) is 24.1. The van der Waals surface area contributed by atoms with E-state index in [1.165, 1.54) is 9.80 Å². The molecule has 0 bridgehead atoms. The van der Waals surface area contributed by atoms with Crippen molar-refractivity contribution in [2.75, 3.05) is 78.9 Å². The lowest BCUT2D eigenvalue weighted by Gasteiger charge is -2.23. The molecule has 0 atom stereocenters. The number of rotatable bonds is 14. The molecule has 0 aromatic rings. The van der Waals surface area contributed by atoms with Crippen molar-refractivity contribution in [3.8, 4) is 0 Å². The quantitative estimate of drug-likeness (QED) is 0.269. The van der Waals surface area contributed by atoms with E-state index < -0.39 is 0 Å². The van der Waals surface area contributed by atoms with Gasteiger partial charge in [0.1, 0.15) is 52.5 Å². The summed E-state index contributed by atoms with van der Waals surface area (Å²) in [6, 6.07) is 0. The summed E-state index contributed by atoms with van der Waals surface area (Å²) in [5, 5.41) is 0. The number of unbranched alkanes of at least 4 members (excludes halogenated alkanes) is 4. The number of morpholine rings is 2. The van der Waals surface area contributed by atoms with Crippen LogP contribution in [0.2, 0.25) is 0 Å². The summed E-state index contributed by atoms with van der Waals surface area (Å²) in [5.74, 6) is -0.188. The van der Waals surface area contributed by atoms with Crippen molar-refractivity contribution >= 4 is 11.9 Å². The highest BCUT2D eigenvalue weighted by Crippen LogP contribution is 2.08. The molecular formula is C21H40N2O6+2. The van der Waals surface area contributed by atoms with E-state index in [0.717, 1.165) is 97.8 Å². The lowest BCUT2D eigenvalue weighted by Crippen LogP contribution is -3.14. The van der Waals surface area contributed by atoms with Crippen molar-refractivity contribution in [3.63, 3.8) is 0 Å².